The van der Waals surface area contributed by atoms with E-state index in [4.69, 9.17) is 5.11 Å². The van der Waals surface area contributed by atoms with Crippen LogP contribution in [0.25, 0.3) is 0 Å². The molecule has 0 heterocycles. The Labute approximate surface area is 170 Å². The highest BCUT2D eigenvalue weighted by atomic mass is 16.4. The van der Waals surface area contributed by atoms with Gasteiger partial charge < -0.3 is 20.6 Å². The fourth-order valence-electron chi connectivity index (χ4n) is 2.86. The van der Waals surface area contributed by atoms with E-state index in [1.807, 2.05) is 30.3 Å². The third kappa shape index (κ3) is 7.65. The van der Waals surface area contributed by atoms with Crippen LogP contribution in [0.3, 0.4) is 0 Å². The first kappa shape index (κ1) is 21.9. The lowest BCUT2D eigenvalue weighted by molar-refractivity contribution is -0.137. The molecule has 0 bridgehead atoms. The van der Waals surface area contributed by atoms with Gasteiger partial charge in [-0.3, -0.25) is 9.59 Å². The zero-order chi connectivity index (χ0) is 21.2. The van der Waals surface area contributed by atoms with Crippen molar-refractivity contribution in [2.75, 3.05) is 14.1 Å². The second-order valence-electron chi connectivity index (χ2n) is 7.04. The van der Waals surface area contributed by atoms with Crippen molar-refractivity contribution in [3.63, 3.8) is 0 Å². The summed E-state index contributed by atoms with van der Waals surface area (Å²) >= 11 is 0. The molecule has 2 aromatic carbocycles. The Bertz CT molecular complexity index is 820. The smallest absolute Gasteiger partial charge is 0.315 e. The Morgan fingerprint density at radius 1 is 0.966 bits per heavy atom. The van der Waals surface area contributed by atoms with E-state index in [0.717, 1.165) is 11.1 Å². The van der Waals surface area contributed by atoms with Gasteiger partial charge in [-0.25, -0.2) is 4.79 Å². The summed E-state index contributed by atoms with van der Waals surface area (Å²) in [4.78, 5) is 36.6. The first-order valence-electron chi connectivity index (χ1n) is 9.46. The molecular weight excluding hydrogens is 370 g/mol. The summed E-state index contributed by atoms with van der Waals surface area (Å²) in [5.41, 5.74) is 2.48. The lowest BCUT2D eigenvalue weighted by Gasteiger charge is -2.19. The van der Waals surface area contributed by atoms with Gasteiger partial charge in [0, 0.05) is 38.7 Å². The maximum atomic E-state index is 12.3. The third-order valence-corrected chi connectivity index (χ3v) is 4.43. The van der Waals surface area contributed by atoms with Crippen molar-refractivity contribution < 1.29 is 19.5 Å². The van der Waals surface area contributed by atoms with Gasteiger partial charge in [0.25, 0.3) is 5.91 Å². The summed E-state index contributed by atoms with van der Waals surface area (Å²) < 4.78 is 0. The van der Waals surface area contributed by atoms with Gasteiger partial charge in [-0.2, -0.15) is 0 Å². The molecule has 3 amide bonds. The average Bonchev–Trinajstić information content (AvgIpc) is 2.71. The molecule has 7 heteroatoms. The minimum absolute atomic E-state index is 0.0147. The van der Waals surface area contributed by atoms with Crippen LogP contribution in [0.1, 0.15) is 34.3 Å². The van der Waals surface area contributed by atoms with Gasteiger partial charge in [0.2, 0.25) is 0 Å². The van der Waals surface area contributed by atoms with Crippen molar-refractivity contribution in [3.05, 3.63) is 71.3 Å². The molecule has 0 saturated heterocycles. The maximum Gasteiger partial charge on any atom is 0.315 e. The molecule has 0 aliphatic rings. The largest absolute Gasteiger partial charge is 0.481 e. The fraction of sp³-hybridized carbons (Fsp3) is 0.318. The van der Waals surface area contributed by atoms with Crippen molar-refractivity contribution in [2.24, 2.45) is 0 Å². The molecule has 0 radical (unpaired) electrons. The number of aliphatic carboxylic acids is 1. The van der Waals surface area contributed by atoms with E-state index in [1.54, 1.807) is 38.4 Å². The van der Waals surface area contributed by atoms with E-state index < -0.39 is 5.97 Å². The van der Waals surface area contributed by atoms with Crippen LogP contribution in [0.4, 0.5) is 4.79 Å². The molecule has 1 atom stereocenters. The second kappa shape index (κ2) is 10.8. The van der Waals surface area contributed by atoms with Crippen molar-refractivity contribution >= 4 is 17.9 Å². The van der Waals surface area contributed by atoms with Crippen molar-refractivity contribution in [2.45, 2.75) is 31.8 Å². The molecule has 154 valence electrons. The molecule has 1 unspecified atom stereocenters. The standard InChI is InChI=1S/C22H27N3O4/c1-25(2)21(28)18-10-8-17(9-11-18)15-23-22(29)24-19(12-13-20(26)27)14-16-6-4-3-5-7-16/h3-11,19H,12-15H2,1-2H3,(H,26,27)(H2,23,24,29). The zero-order valence-electron chi connectivity index (χ0n) is 16.7. The number of carboxylic acid groups (broad SMARTS) is 1. The number of carbonyl (C=O) groups excluding carboxylic acids is 2. The van der Waals surface area contributed by atoms with Crippen LogP contribution in [-0.4, -0.2) is 48.1 Å². The molecule has 7 nitrogen and oxygen atoms in total. The molecule has 2 aromatic rings. The van der Waals surface area contributed by atoms with Crippen molar-refractivity contribution in [3.8, 4) is 0 Å². The van der Waals surface area contributed by atoms with Crippen LogP contribution < -0.4 is 10.6 Å². The fourth-order valence-corrected chi connectivity index (χ4v) is 2.86. The van der Waals surface area contributed by atoms with E-state index in [9.17, 15) is 14.4 Å². The number of carboxylic acids is 1. The summed E-state index contributed by atoms with van der Waals surface area (Å²) in [6, 6.07) is 16.0. The minimum atomic E-state index is -0.891. The van der Waals surface area contributed by atoms with Crippen LogP contribution in [-0.2, 0) is 17.8 Å². The SMILES string of the molecule is CN(C)C(=O)c1ccc(CNC(=O)NC(CCC(=O)O)Cc2ccccc2)cc1. The zero-order valence-corrected chi connectivity index (χ0v) is 16.7. The van der Waals surface area contributed by atoms with E-state index in [-0.39, 0.29) is 24.4 Å². The van der Waals surface area contributed by atoms with E-state index in [1.165, 1.54) is 4.90 Å². The molecule has 2 rings (SSSR count). The van der Waals surface area contributed by atoms with E-state index in [0.29, 0.717) is 24.9 Å². The lowest BCUT2D eigenvalue weighted by atomic mass is 10.0. The van der Waals surface area contributed by atoms with Crippen molar-refractivity contribution in [1.82, 2.24) is 15.5 Å². The van der Waals surface area contributed by atoms with Gasteiger partial charge in [-0.15, -0.1) is 0 Å². The molecule has 0 aliphatic carbocycles. The topological polar surface area (TPSA) is 98.7 Å². The van der Waals surface area contributed by atoms with Crippen molar-refractivity contribution in [1.29, 1.82) is 0 Å². The number of carbonyl (C=O) groups is 3. The molecule has 0 fully saturated rings. The van der Waals surface area contributed by atoms with Gasteiger partial charge in [-0.05, 0) is 36.1 Å². The monoisotopic (exact) mass is 397 g/mol. The summed E-state index contributed by atoms with van der Waals surface area (Å²) in [6.07, 6.45) is 0.890. The highest BCUT2D eigenvalue weighted by Gasteiger charge is 2.15. The molecule has 29 heavy (non-hydrogen) atoms. The van der Waals surface area contributed by atoms with Crippen LogP contribution in [0, 0.1) is 0 Å². The predicted octanol–water partition coefficient (Wildman–Crippen LogP) is 2.66. The highest BCUT2D eigenvalue weighted by Crippen LogP contribution is 2.09. The Kier molecular flexibility index (Phi) is 8.21. The Balaban J connectivity index is 1.89. The van der Waals surface area contributed by atoms with Crippen LogP contribution in [0.5, 0.6) is 0 Å². The molecular formula is C22H27N3O4. The number of rotatable bonds is 9. The number of hydrogen-bond acceptors (Lipinski definition) is 3. The number of urea groups is 1. The van der Waals surface area contributed by atoms with E-state index >= 15 is 0 Å². The quantitative estimate of drug-likeness (QED) is 0.606. The Morgan fingerprint density at radius 3 is 2.21 bits per heavy atom. The number of hydrogen-bond donors (Lipinski definition) is 3. The molecule has 0 spiro atoms. The normalized spacial score (nSPS) is 11.4. The van der Waals surface area contributed by atoms with Gasteiger partial charge in [-0.1, -0.05) is 42.5 Å². The van der Waals surface area contributed by atoms with Gasteiger partial charge in [0.15, 0.2) is 0 Å². The molecule has 3 N–H and O–H groups in total. The van der Waals surface area contributed by atoms with Crippen LogP contribution >= 0.6 is 0 Å². The lowest BCUT2D eigenvalue weighted by Crippen LogP contribution is -2.43. The first-order chi connectivity index (χ1) is 13.8. The number of benzene rings is 2. The maximum absolute atomic E-state index is 12.3. The second-order valence-corrected chi connectivity index (χ2v) is 7.04. The predicted molar refractivity (Wildman–Crippen MR) is 111 cm³/mol. The average molecular weight is 397 g/mol. The third-order valence-electron chi connectivity index (χ3n) is 4.43. The van der Waals surface area contributed by atoms with Gasteiger partial charge >= 0.3 is 12.0 Å². The number of nitrogens with one attached hydrogen (secondary N) is 2. The summed E-state index contributed by atoms with van der Waals surface area (Å²) in [7, 11) is 3.39. The molecule has 0 aliphatic heterocycles. The minimum Gasteiger partial charge on any atom is -0.481 e. The van der Waals surface area contributed by atoms with Gasteiger partial charge in [0.1, 0.15) is 0 Å². The molecule has 0 saturated carbocycles. The van der Waals surface area contributed by atoms with E-state index in [2.05, 4.69) is 10.6 Å². The van der Waals surface area contributed by atoms with Crippen LogP contribution in [0.2, 0.25) is 0 Å². The number of nitrogens with zero attached hydrogens (tertiary/aromatic N) is 1. The molecule has 0 aromatic heterocycles. The van der Waals surface area contributed by atoms with Gasteiger partial charge in [0.05, 0.1) is 0 Å². The summed E-state index contributed by atoms with van der Waals surface area (Å²) in [5.74, 6) is -0.970. The number of amides is 3. The summed E-state index contributed by atoms with van der Waals surface area (Å²) in [5, 5.41) is 14.6. The Morgan fingerprint density at radius 2 is 1.62 bits per heavy atom. The Hall–Kier alpha value is -3.35. The van der Waals surface area contributed by atoms with Crippen LogP contribution in [0.15, 0.2) is 54.6 Å². The first-order valence-corrected chi connectivity index (χ1v) is 9.46. The summed E-state index contributed by atoms with van der Waals surface area (Å²) in [6.45, 7) is 0.305. The highest BCUT2D eigenvalue weighted by molar-refractivity contribution is 5.93.